The molecule has 0 aromatic carbocycles. The predicted molar refractivity (Wildman–Crippen MR) is 71.8 cm³/mol. The molecule has 2 nitrogen and oxygen atoms in total. The van der Waals surface area contributed by atoms with Gasteiger partial charge in [-0.25, -0.2) is 4.98 Å². The Hall–Kier alpha value is -0.410. The van der Waals surface area contributed by atoms with Crippen LogP contribution >= 0.6 is 11.3 Å². The number of nitrogens with one attached hydrogen (secondary N) is 1. The maximum Gasteiger partial charge on any atom is 0.112 e. The molecule has 0 aliphatic carbocycles. The van der Waals surface area contributed by atoms with Crippen molar-refractivity contribution in [2.75, 3.05) is 6.54 Å². The lowest BCUT2D eigenvalue weighted by atomic mass is 9.97. The molecule has 92 valence electrons. The van der Waals surface area contributed by atoms with Gasteiger partial charge in [0.1, 0.15) is 5.01 Å². The Morgan fingerprint density at radius 1 is 1.38 bits per heavy atom. The van der Waals surface area contributed by atoms with E-state index in [1.54, 1.807) is 11.3 Å². The van der Waals surface area contributed by atoms with Crippen LogP contribution in [0, 0.1) is 5.92 Å². The molecule has 0 radical (unpaired) electrons. The summed E-state index contributed by atoms with van der Waals surface area (Å²) in [5.74, 6) is 0.783. The molecule has 16 heavy (non-hydrogen) atoms. The van der Waals surface area contributed by atoms with E-state index < -0.39 is 0 Å². The zero-order chi connectivity index (χ0) is 12.0. The van der Waals surface area contributed by atoms with Crippen LogP contribution in [0.2, 0.25) is 0 Å². The number of nitrogens with zero attached hydrogens (tertiary/aromatic N) is 1. The molecule has 1 aromatic heterocycles. The van der Waals surface area contributed by atoms with E-state index >= 15 is 0 Å². The van der Waals surface area contributed by atoms with Gasteiger partial charge in [-0.3, -0.25) is 0 Å². The normalized spacial score (nSPS) is 15.3. The second kappa shape index (κ2) is 6.36. The second-order valence-corrected chi connectivity index (χ2v) is 5.48. The SMILES string of the molecule is CCC(CC)CNC(C)(CC)c1nccs1. The molecular weight excluding hydrogens is 216 g/mol. The standard InChI is InChI=1S/C13H24N2S/c1-5-11(6-2)10-15-13(4,7-3)12-14-8-9-16-12/h8-9,11,15H,5-7,10H2,1-4H3. The Labute approximate surface area is 103 Å². The van der Waals surface area contributed by atoms with Crippen LogP contribution in [0.5, 0.6) is 0 Å². The molecule has 0 saturated carbocycles. The number of hydrogen-bond acceptors (Lipinski definition) is 3. The molecule has 1 rings (SSSR count). The lowest BCUT2D eigenvalue weighted by Crippen LogP contribution is -2.41. The van der Waals surface area contributed by atoms with Crippen molar-refractivity contribution >= 4 is 11.3 Å². The summed E-state index contributed by atoms with van der Waals surface area (Å²) in [6.07, 6.45) is 5.48. The summed E-state index contributed by atoms with van der Waals surface area (Å²) >= 11 is 1.75. The van der Waals surface area contributed by atoms with E-state index in [9.17, 15) is 0 Å². The molecule has 1 aromatic rings. The van der Waals surface area contributed by atoms with E-state index in [2.05, 4.69) is 43.4 Å². The summed E-state index contributed by atoms with van der Waals surface area (Å²) in [5, 5.41) is 6.96. The number of aromatic nitrogens is 1. The minimum atomic E-state index is 0.0523. The Bertz CT molecular complexity index is 280. The molecule has 0 saturated heterocycles. The lowest BCUT2D eigenvalue weighted by Gasteiger charge is -2.29. The van der Waals surface area contributed by atoms with Crippen molar-refractivity contribution in [2.24, 2.45) is 5.92 Å². The van der Waals surface area contributed by atoms with Crippen LogP contribution in [-0.4, -0.2) is 11.5 Å². The fraction of sp³-hybridized carbons (Fsp3) is 0.769. The number of hydrogen-bond donors (Lipinski definition) is 1. The van der Waals surface area contributed by atoms with E-state index in [0.717, 1.165) is 18.9 Å². The van der Waals surface area contributed by atoms with Gasteiger partial charge >= 0.3 is 0 Å². The van der Waals surface area contributed by atoms with Gasteiger partial charge in [0.25, 0.3) is 0 Å². The van der Waals surface area contributed by atoms with Gasteiger partial charge in [-0.05, 0) is 25.8 Å². The van der Waals surface area contributed by atoms with E-state index in [1.807, 2.05) is 6.20 Å². The fourth-order valence-electron chi connectivity index (χ4n) is 1.79. The molecule has 3 heteroatoms. The van der Waals surface area contributed by atoms with E-state index in [0.29, 0.717) is 0 Å². The Morgan fingerprint density at radius 3 is 2.50 bits per heavy atom. The first-order valence-electron chi connectivity index (χ1n) is 6.31. The average Bonchev–Trinajstić information content (AvgIpc) is 2.84. The first kappa shape index (κ1) is 13.7. The van der Waals surface area contributed by atoms with Crippen molar-refractivity contribution in [3.8, 4) is 0 Å². The highest BCUT2D eigenvalue weighted by molar-refractivity contribution is 7.09. The number of thiazole rings is 1. The summed E-state index contributed by atoms with van der Waals surface area (Å²) in [5.41, 5.74) is 0.0523. The third kappa shape index (κ3) is 3.29. The van der Waals surface area contributed by atoms with Crippen LogP contribution in [0.4, 0.5) is 0 Å². The molecule has 0 amide bonds. The maximum absolute atomic E-state index is 4.44. The van der Waals surface area contributed by atoms with Crippen LogP contribution in [0.1, 0.15) is 52.0 Å². The first-order valence-corrected chi connectivity index (χ1v) is 7.19. The summed E-state index contributed by atoms with van der Waals surface area (Å²) in [7, 11) is 0. The van der Waals surface area contributed by atoms with Gasteiger partial charge in [0.05, 0.1) is 5.54 Å². The van der Waals surface area contributed by atoms with Gasteiger partial charge in [-0.1, -0.05) is 33.6 Å². The molecule has 1 heterocycles. The van der Waals surface area contributed by atoms with E-state index in [1.165, 1.54) is 17.8 Å². The summed E-state index contributed by atoms with van der Waals surface area (Å²) in [6.45, 7) is 10.1. The lowest BCUT2D eigenvalue weighted by molar-refractivity contribution is 0.311. The van der Waals surface area contributed by atoms with E-state index in [4.69, 9.17) is 0 Å². The maximum atomic E-state index is 4.44. The van der Waals surface area contributed by atoms with Crippen LogP contribution in [-0.2, 0) is 5.54 Å². The van der Waals surface area contributed by atoms with Gasteiger partial charge in [-0.2, -0.15) is 0 Å². The summed E-state index contributed by atoms with van der Waals surface area (Å²) in [6, 6.07) is 0. The Morgan fingerprint density at radius 2 is 2.06 bits per heavy atom. The Balaban J connectivity index is 2.61. The van der Waals surface area contributed by atoms with E-state index in [-0.39, 0.29) is 5.54 Å². The van der Waals surface area contributed by atoms with Crippen LogP contribution < -0.4 is 5.32 Å². The highest BCUT2D eigenvalue weighted by Gasteiger charge is 2.26. The molecule has 1 atom stereocenters. The fourth-order valence-corrected chi connectivity index (χ4v) is 2.64. The first-order chi connectivity index (χ1) is 7.66. The highest BCUT2D eigenvalue weighted by atomic mass is 32.1. The van der Waals surface area contributed by atoms with Crippen molar-refractivity contribution in [2.45, 2.75) is 52.5 Å². The number of rotatable bonds is 7. The van der Waals surface area contributed by atoms with Crippen molar-refractivity contribution < 1.29 is 0 Å². The minimum absolute atomic E-state index is 0.0523. The topological polar surface area (TPSA) is 24.9 Å². The summed E-state index contributed by atoms with van der Waals surface area (Å²) < 4.78 is 0. The Kier molecular flexibility index (Phi) is 5.42. The van der Waals surface area contributed by atoms with Gasteiger partial charge in [0, 0.05) is 11.6 Å². The summed E-state index contributed by atoms with van der Waals surface area (Å²) in [4.78, 5) is 4.44. The van der Waals surface area contributed by atoms with Crippen molar-refractivity contribution in [3.63, 3.8) is 0 Å². The van der Waals surface area contributed by atoms with Gasteiger partial charge in [0.15, 0.2) is 0 Å². The van der Waals surface area contributed by atoms with Crippen molar-refractivity contribution in [1.29, 1.82) is 0 Å². The largest absolute Gasteiger partial charge is 0.305 e. The molecule has 0 aliphatic heterocycles. The predicted octanol–water partition coefficient (Wildman–Crippen LogP) is 3.79. The zero-order valence-corrected chi connectivity index (χ0v) is 11.7. The van der Waals surface area contributed by atoms with Crippen LogP contribution in [0.25, 0.3) is 0 Å². The monoisotopic (exact) mass is 240 g/mol. The minimum Gasteiger partial charge on any atom is -0.305 e. The highest BCUT2D eigenvalue weighted by Crippen LogP contribution is 2.26. The third-order valence-electron chi connectivity index (χ3n) is 3.55. The third-order valence-corrected chi connectivity index (χ3v) is 4.58. The molecular formula is C13H24N2S. The van der Waals surface area contributed by atoms with Crippen LogP contribution in [0.3, 0.4) is 0 Å². The van der Waals surface area contributed by atoms with Gasteiger partial charge < -0.3 is 5.32 Å². The molecule has 0 fully saturated rings. The smallest absolute Gasteiger partial charge is 0.112 e. The van der Waals surface area contributed by atoms with Gasteiger partial charge in [-0.15, -0.1) is 11.3 Å². The molecule has 0 spiro atoms. The molecule has 1 N–H and O–H groups in total. The van der Waals surface area contributed by atoms with Crippen molar-refractivity contribution in [1.82, 2.24) is 10.3 Å². The van der Waals surface area contributed by atoms with Gasteiger partial charge in [0.2, 0.25) is 0 Å². The van der Waals surface area contributed by atoms with Crippen molar-refractivity contribution in [3.05, 3.63) is 16.6 Å². The zero-order valence-electron chi connectivity index (χ0n) is 10.9. The molecule has 1 unspecified atom stereocenters. The second-order valence-electron chi connectivity index (χ2n) is 4.59. The van der Waals surface area contributed by atoms with Crippen LogP contribution in [0.15, 0.2) is 11.6 Å². The molecule has 0 aliphatic rings. The quantitative estimate of drug-likeness (QED) is 0.784. The molecule has 0 bridgehead atoms. The average molecular weight is 240 g/mol.